The second-order valence-corrected chi connectivity index (χ2v) is 6.18. The largest absolute Gasteiger partial charge is 0.389 e. The highest BCUT2D eigenvalue weighted by Crippen LogP contribution is 2.30. The third kappa shape index (κ3) is 5.38. The molecule has 1 aliphatic rings. The second kappa shape index (κ2) is 7.13. The Labute approximate surface area is 111 Å². The quantitative estimate of drug-likeness (QED) is 0.766. The van der Waals surface area contributed by atoms with Gasteiger partial charge in [0.1, 0.15) is 0 Å². The first-order valence-electron chi connectivity index (χ1n) is 7.47. The zero-order valence-corrected chi connectivity index (χ0v) is 12.2. The van der Waals surface area contributed by atoms with Crippen LogP contribution in [0.3, 0.4) is 0 Å². The molecule has 0 aliphatic heterocycles. The van der Waals surface area contributed by atoms with Crippen molar-refractivity contribution in [2.75, 3.05) is 0 Å². The molecule has 0 saturated heterocycles. The van der Waals surface area contributed by atoms with Crippen LogP contribution in [0.1, 0.15) is 72.1 Å². The van der Waals surface area contributed by atoms with Crippen LogP contribution >= 0.6 is 0 Å². The number of hydrogen-bond donors (Lipinski definition) is 2. The van der Waals surface area contributed by atoms with Gasteiger partial charge in [-0.25, -0.2) is 0 Å². The summed E-state index contributed by atoms with van der Waals surface area (Å²) >= 11 is 0. The number of rotatable bonds is 6. The molecule has 3 heteroatoms. The first-order valence-corrected chi connectivity index (χ1v) is 7.47. The molecule has 106 valence electrons. The van der Waals surface area contributed by atoms with E-state index < -0.39 is 5.60 Å². The number of hydrogen-bond acceptors (Lipinski definition) is 2. The lowest BCUT2D eigenvalue weighted by atomic mass is 9.82. The average molecular weight is 255 g/mol. The van der Waals surface area contributed by atoms with Crippen LogP contribution in [-0.4, -0.2) is 22.7 Å². The van der Waals surface area contributed by atoms with E-state index in [0.717, 1.165) is 38.5 Å². The zero-order valence-electron chi connectivity index (χ0n) is 12.2. The monoisotopic (exact) mass is 255 g/mol. The Morgan fingerprint density at radius 3 is 2.44 bits per heavy atom. The molecule has 0 aromatic heterocycles. The third-order valence-corrected chi connectivity index (χ3v) is 4.13. The van der Waals surface area contributed by atoms with Gasteiger partial charge in [0.25, 0.3) is 0 Å². The molecule has 2 atom stereocenters. The third-order valence-electron chi connectivity index (χ3n) is 4.13. The molecular formula is C15H29NO2. The summed E-state index contributed by atoms with van der Waals surface area (Å²) in [5.41, 5.74) is -0.738. The molecule has 0 bridgehead atoms. The summed E-state index contributed by atoms with van der Waals surface area (Å²) in [7, 11) is 0. The first-order chi connectivity index (χ1) is 8.45. The first kappa shape index (κ1) is 15.5. The minimum Gasteiger partial charge on any atom is -0.389 e. The zero-order chi connectivity index (χ0) is 13.6. The fourth-order valence-corrected chi connectivity index (χ4v) is 2.84. The molecule has 0 aromatic rings. The normalized spacial score (nSPS) is 22.2. The van der Waals surface area contributed by atoms with Crippen molar-refractivity contribution in [1.29, 1.82) is 0 Å². The van der Waals surface area contributed by atoms with E-state index in [4.69, 9.17) is 0 Å². The van der Waals surface area contributed by atoms with Crippen LogP contribution in [0.25, 0.3) is 0 Å². The van der Waals surface area contributed by atoms with Crippen LogP contribution in [-0.2, 0) is 4.79 Å². The highest BCUT2D eigenvalue weighted by molar-refractivity contribution is 5.77. The van der Waals surface area contributed by atoms with E-state index in [0.29, 0.717) is 5.92 Å². The predicted octanol–water partition coefficient (Wildman–Crippen LogP) is 3.01. The minimum atomic E-state index is -0.738. The summed E-state index contributed by atoms with van der Waals surface area (Å²) in [5, 5.41) is 13.3. The average Bonchev–Trinajstić information content (AvgIpc) is 2.28. The van der Waals surface area contributed by atoms with Crippen LogP contribution in [0.4, 0.5) is 0 Å². The summed E-state index contributed by atoms with van der Waals surface area (Å²) in [6.07, 6.45) is 7.27. The van der Waals surface area contributed by atoms with Gasteiger partial charge in [0.05, 0.1) is 12.0 Å². The molecule has 0 spiro atoms. The lowest BCUT2D eigenvalue weighted by Crippen LogP contribution is -2.41. The van der Waals surface area contributed by atoms with Crippen LogP contribution in [0.2, 0.25) is 0 Å². The Hall–Kier alpha value is -0.570. The molecule has 3 nitrogen and oxygen atoms in total. The van der Waals surface area contributed by atoms with E-state index >= 15 is 0 Å². The maximum atomic E-state index is 11.9. The number of aliphatic hydroxyl groups is 1. The number of nitrogens with one attached hydrogen (secondary N) is 1. The van der Waals surface area contributed by atoms with Crippen molar-refractivity contribution in [2.45, 2.75) is 83.8 Å². The molecule has 0 aromatic carbocycles. The van der Waals surface area contributed by atoms with E-state index in [9.17, 15) is 9.90 Å². The van der Waals surface area contributed by atoms with Gasteiger partial charge in [0.15, 0.2) is 0 Å². The molecule has 2 N–H and O–H groups in total. The van der Waals surface area contributed by atoms with Crippen LogP contribution in [0, 0.1) is 5.92 Å². The molecule has 1 rings (SSSR count). The van der Waals surface area contributed by atoms with Crippen molar-refractivity contribution in [1.82, 2.24) is 5.32 Å². The van der Waals surface area contributed by atoms with Crippen molar-refractivity contribution in [3.63, 3.8) is 0 Å². The van der Waals surface area contributed by atoms with Gasteiger partial charge in [-0.15, -0.1) is 0 Å². The Balaban J connectivity index is 2.31. The molecule has 0 heterocycles. The van der Waals surface area contributed by atoms with E-state index in [1.807, 2.05) is 0 Å². The SMILES string of the molecule is CCC(C)CC(C)NC(=O)CC1(O)CCCCC1. The van der Waals surface area contributed by atoms with E-state index in [1.165, 1.54) is 6.42 Å². The molecule has 1 amide bonds. The van der Waals surface area contributed by atoms with Gasteiger partial charge in [0, 0.05) is 6.04 Å². The van der Waals surface area contributed by atoms with Crippen LogP contribution < -0.4 is 5.32 Å². The number of carbonyl (C=O) groups excluding carboxylic acids is 1. The van der Waals surface area contributed by atoms with Gasteiger partial charge in [-0.2, -0.15) is 0 Å². The molecule has 2 unspecified atom stereocenters. The summed E-state index contributed by atoms with van der Waals surface area (Å²) < 4.78 is 0. The van der Waals surface area contributed by atoms with Crippen molar-refractivity contribution < 1.29 is 9.90 Å². The Bertz CT molecular complexity index is 259. The summed E-state index contributed by atoms with van der Waals surface area (Å²) in [6, 6.07) is 0.208. The van der Waals surface area contributed by atoms with E-state index in [2.05, 4.69) is 26.1 Å². The van der Waals surface area contributed by atoms with E-state index in [1.54, 1.807) is 0 Å². The maximum Gasteiger partial charge on any atom is 0.223 e. The smallest absolute Gasteiger partial charge is 0.223 e. The fourth-order valence-electron chi connectivity index (χ4n) is 2.84. The summed E-state index contributed by atoms with van der Waals surface area (Å²) in [6.45, 7) is 6.43. The van der Waals surface area contributed by atoms with Crippen molar-refractivity contribution in [3.05, 3.63) is 0 Å². The lowest BCUT2D eigenvalue weighted by Gasteiger charge is -2.32. The summed E-state index contributed by atoms with van der Waals surface area (Å²) in [4.78, 5) is 11.9. The van der Waals surface area contributed by atoms with Crippen LogP contribution in [0.5, 0.6) is 0 Å². The molecule has 1 fully saturated rings. The lowest BCUT2D eigenvalue weighted by molar-refractivity contribution is -0.128. The minimum absolute atomic E-state index is 0.00945. The number of carbonyl (C=O) groups is 1. The molecule has 0 radical (unpaired) electrons. The van der Waals surface area contributed by atoms with Crippen molar-refractivity contribution in [2.24, 2.45) is 5.92 Å². The summed E-state index contributed by atoms with van der Waals surface area (Å²) in [5.74, 6) is 0.647. The Morgan fingerprint density at radius 1 is 1.28 bits per heavy atom. The van der Waals surface area contributed by atoms with Gasteiger partial charge >= 0.3 is 0 Å². The van der Waals surface area contributed by atoms with Crippen molar-refractivity contribution in [3.8, 4) is 0 Å². The topological polar surface area (TPSA) is 49.3 Å². The van der Waals surface area contributed by atoms with Crippen molar-refractivity contribution >= 4 is 5.91 Å². The number of amides is 1. The fraction of sp³-hybridized carbons (Fsp3) is 0.933. The molecular weight excluding hydrogens is 226 g/mol. The highest BCUT2D eigenvalue weighted by atomic mass is 16.3. The van der Waals surface area contributed by atoms with Crippen LogP contribution in [0.15, 0.2) is 0 Å². The van der Waals surface area contributed by atoms with Gasteiger partial charge in [0.2, 0.25) is 5.91 Å². The predicted molar refractivity (Wildman–Crippen MR) is 74.3 cm³/mol. The molecule has 18 heavy (non-hydrogen) atoms. The van der Waals surface area contributed by atoms with E-state index in [-0.39, 0.29) is 18.4 Å². The molecule has 1 aliphatic carbocycles. The van der Waals surface area contributed by atoms with Gasteiger partial charge < -0.3 is 10.4 Å². The molecule has 1 saturated carbocycles. The standard InChI is InChI=1S/C15H29NO2/c1-4-12(2)10-13(3)16-14(17)11-15(18)8-6-5-7-9-15/h12-13,18H,4-11H2,1-3H3,(H,16,17). The highest BCUT2D eigenvalue weighted by Gasteiger charge is 2.31. The Kier molecular flexibility index (Phi) is 6.13. The van der Waals surface area contributed by atoms with Gasteiger partial charge in [-0.1, -0.05) is 39.5 Å². The Morgan fingerprint density at radius 2 is 1.89 bits per heavy atom. The second-order valence-electron chi connectivity index (χ2n) is 6.18. The van der Waals surface area contributed by atoms with Gasteiger partial charge in [-0.05, 0) is 32.1 Å². The maximum absolute atomic E-state index is 11.9. The van der Waals surface area contributed by atoms with Gasteiger partial charge in [-0.3, -0.25) is 4.79 Å².